The van der Waals surface area contributed by atoms with Gasteiger partial charge in [0.05, 0.1) is 0 Å². The number of aromatic nitrogens is 1. The largest absolute Gasteiger partial charge is 0.368 e. The Hall–Kier alpha value is -1.09. The van der Waals surface area contributed by atoms with E-state index in [1.54, 1.807) is 0 Å². The maximum atomic E-state index is 4.32. The topological polar surface area (TPSA) is 28.2 Å². The molecule has 1 heterocycles. The summed E-state index contributed by atoms with van der Waals surface area (Å²) in [6.07, 6.45) is 9.16. The number of unbranched alkanes of at least 4 members (excludes halogenated alkanes) is 1. The number of nitrogens with zero attached hydrogens (tertiary/aromatic N) is 2. The lowest BCUT2D eigenvalue weighted by atomic mass is 10.1. The first-order valence-electron chi connectivity index (χ1n) is 7.96. The smallest absolute Gasteiger partial charge is 0.0445 e. The van der Waals surface area contributed by atoms with Crippen LogP contribution in [0.5, 0.6) is 0 Å². The molecule has 112 valence electrons. The van der Waals surface area contributed by atoms with Crippen LogP contribution < -0.4 is 10.2 Å². The van der Waals surface area contributed by atoms with Crippen LogP contribution >= 0.6 is 0 Å². The highest BCUT2D eigenvalue weighted by Gasteiger charge is 2.30. The molecular weight excluding hydrogens is 246 g/mol. The molecule has 20 heavy (non-hydrogen) atoms. The van der Waals surface area contributed by atoms with E-state index >= 15 is 0 Å². The summed E-state index contributed by atoms with van der Waals surface area (Å²) in [6.45, 7) is 11.0. The maximum Gasteiger partial charge on any atom is 0.0445 e. The van der Waals surface area contributed by atoms with Crippen LogP contribution in [0, 0.1) is 0 Å². The van der Waals surface area contributed by atoms with E-state index in [1.807, 2.05) is 12.4 Å². The van der Waals surface area contributed by atoms with Crippen molar-refractivity contribution in [3.05, 3.63) is 24.0 Å². The molecule has 2 rings (SSSR count). The van der Waals surface area contributed by atoms with E-state index in [0.29, 0.717) is 0 Å². The van der Waals surface area contributed by atoms with E-state index in [1.165, 1.54) is 43.5 Å². The first kappa shape index (κ1) is 15.3. The number of hydrogen-bond donors (Lipinski definition) is 1. The van der Waals surface area contributed by atoms with Gasteiger partial charge in [-0.25, -0.2) is 0 Å². The van der Waals surface area contributed by atoms with Gasteiger partial charge in [0.1, 0.15) is 0 Å². The molecule has 0 amide bonds. The molecule has 3 nitrogen and oxygen atoms in total. The minimum Gasteiger partial charge on any atom is -0.368 e. The van der Waals surface area contributed by atoms with E-state index in [4.69, 9.17) is 0 Å². The zero-order valence-corrected chi connectivity index (χ0v) is 13.4. The number of nitrogens with one attached hydrogen (secondary N) is 1. The highest BCUT2D eigenvalue weighted by molar-refractivity contribution is 5.54. The Labute approximate surface area is 123 Å². The minimum atomic E-state index is 0.140. The van der Waals surface area contributed by atoms with Crippen LogP contribution in [0.3, 0.4) is 0 Å². The molecule has 1 saturated carbocycles. The molecule has 1 aromatic rings. The predicted octanol–water partition coefficient (Wildman–Crippen LogP) is 3.74. The molecule has 0 unspecified atom stereocenters. The second-order valence-corrected chi connectivity index (χ2v) is 6.89. The Morgan fingerprint density at radius 1 is 1.35 bits per heavy atom. The fourth-order valence-electron chi connectivity index (χ4n) is 2.41. The Kier molecular flexibility index (Phi) is 5.03. The molecular formula is C17H29N3. The van der Waals surface area contributed by atoms with Gasteiger partial charge in [0, 0.05) is 48.3 Å². The van der Waals surface area contributed by atoms with Gasteiger partial charge in [0.2, 0.25) is 0 Å². The number of rotatable bonds is 7. The van der Waals surface area contributed by atoms with E-state index < -0.39 is 0 Å². The lowest BCUT2D eigenvalue weighted by molar-refractivity contribution is 0.424. The third kappa shape index (κ3) is 4.48. The minimum absolute atomic E-state index is 0.140. The van der Waals surface area contributed by atoms with Crippen molar-refractivity contribution in [3.63, 3.8) is 0 Å². The van der Waals surface area contributed by atoms with E-state index in [0.717, 1.165) is 12.6 Å². The fourth-order valence-corrected chi connectivity index (χ4v) is 2.41. The van der Waals surface area contributed by atoms with Crippen LogP contribution in [0.1, 0.15) is 58.9 Å². The van der Waals surface area contributed by atoms with Gasteiger partial charge in [-0.05, 0) is 46.1 Å². The fraction of sp³-hybridized carbons (Fsp3) is 0.706. The number of pyridine rings is 1. The van der Waals surface area contributed by atoms with Crippen molar-refractivity contribution in [2.24, 2.45) is 0 Å². The summed E-state index contributed by atoms with van der Waals surface area (Å²) in [4.78, 5) is 6.92. The molecule has 0 saturated heterocycles. The summed E-state index contributed by atoms with van der Waals surface area (Å²) >= 11 is 0. The van der Waals surface area contributed by atoms with Crippen molar-refractivity contribution in [1.29, 1.82) is 0 Å². The molecule has 1 aromatic heterocycles. The SMILES string of the molecule is CCCCN(c1ccncc1CNC(C)(C)C)C1CC1. The van der Waals surface area contributed by atoms with Crippen LogP contribution in [0.4, 0.5) is 5.69 Å². The van der Waals surface area contributed by atoms with Gasteiger partial charge < -0.3 is 10.2 Å². The first-order valence-corrected chi connectivity index (χ1v) is 7.96. The van der Waals surface area contributed by atoms with E-state index in [-0.39, 0.29) is 5.54 Å². The molecule has 1 aliphatic rings. The Bertz CT molecular complexity index is 418. The van der Waals surface area contributed by atoms with Gasteiger partial charge in [-0.1, -0.05) is 13.3 Å². The maximum absolute atomic E-state index is 4.32. The third-order valence-corrected chi connectivity index (χ3v) is 3.74. The number of hydrogen-bond acceptors (Lipinski definition) is 3. The molecule has 0 bridgehead atoms. The quantitative estimate of drug-likeness (QED) is 0.821. The highest BCUT2D eigenvalue weighted by atomic mass is 15.2. The zero-order valence-electron chi connectivity index (χ0n) is 13.4. The Morgan fingerprint density at radius 2 is 2.10 bits per heavy atom. The van der Waals surface area contributed by atoms with Crippen molar-refractivity contribution < 1.29 is 0 Å². The van der Waals surface area contributed by atoms with Gasteiger partial charge in [-0.2, -0.15) is 0 Å². The van der Waals surface area contributed by atoms with Gasteiger partial charge in [0.15, 0.2) is 0 Å². The summed E-state index contributed by atoms with van der Waals surface area (Å²) in [5.74, 6) is 0. The van der Waals surface area contributed by atoms with Crippen LogP contribution in [0.2, 0.25) is 0 Å². The average molecular weight is 275 g/mol. The highest BCUT2D eigenvalue weighted by Crippen LogP contribution is 2.33. The van der Waals surface area contributed by atoms with Crippen molar-refractivity contribution in [2.45, 2.75) is 71.5 Å². The number of anilines is 1. The third-order valence-electron chi connectivity index (χ3n) is 3.74. The van der Waals surface area contributed by atoms with Crippen molar-refractivity contribution >= 4 is 5.69 Å². The molecule has 1 N–H and O–H groups in total. The van der Waals surface area contributed by atoms with Gasteiger partial charge in [0.25, 0.3) is 0 Å². The predicted molar refractivity (Wildman–Crippen MR) is 86.1 cm³/mol. The summed E-state index contributed by atoms with van der Waals surface area (Å²) < 4.78 is 0. The zero-order chi connectivity index (χ0) is 14.6. The van der Waals surface area contributed by atoms with Crippen LogP contribution in [-0.2, 0) is 6.54 Å². The molecule has 1 fully saturated rings. The van der Waals surface area contributed by atoms with E-state index in [2.05, 4.69) is 49.0 Å². The van der Waals surface area contributed by atoms with Crippen molar-refractivity contribution in [1.82, 2.24) is 10.3 Å². The molecule has 3 heteroatoms. The molecule has 1 aliphatic carbocycles. The normalized spacial score (nSPS) is 15.4. The molecule has 0 radical (unpaired) electrons. The van der Waals surface area contributed by atoms with Gasteiger partial charge in [-0.3, -0.25) is 4.98 Å². The van der Waals surface area contributed by atoms with Crippen LogP contribution in [-0.4, -0.2) is 23.1 Å². The summed E-state index contributed by atoms with van der Waals surface area (Å²) in [5, 5.41) is 3.58. The van der Waals surface area contributed by atoms with Gasteiger partial charge >= 0.3 is 0 Å². The Morgan fingerprint density at radius 3 is 2.70 bits per heavy atom. The summed E-state index contributed by atoms with van der Waals surface area (Å²) in [6, 6.07) is 2.95. The van der Waals surface area contributed by atoms with Crippen LogP contribution in [0.15, 0.2) is 18.5 Å². The lowest BCUT2D eigenvalue weighted by Gasteiger charge is -2.28. The Balaban J connectivity index is 2.12. The van der Waals surface area contributed by atoms with Crippen LogP contribution in [0.25, 0.3) is 0 Å². The molecule has 0 aliphatic heterocycles. The summed E-state index contributed by atoms with van der Waals surface area (Å²) in [5.41, 5.74) is 2.85. The average Bonchev–Trinajstić information content (AvgIpc) is 3.22. The van der Waals surface area contributed by atoms with E-state index in [9.17, 15) is 0 Å². The van der Waals surface area contributed by atoms with Crippen molar-refractivity contribution in [3.8, 4) is 0 Å². The standard InChI is InChI=1S/C17H29N3/c1-5-6-11-20(15-7-8-15)16-9-10-18-12-14(16)13-19-17(2,3)4/h9-10,12,15,19H,5-8,11,13H2,1-4H3. The van der Waals surface area contributed by atoms with Gasteiger partial charge in [-0.15, -0.1) is 0 Å². The molecule has 0 spiro atoms. The monoisotopic (exact) mass is 275 g/mol. The molecule has 0 aromatic carbocycles. The second-order valence-electron chi connectivity index (χ2n) is 6.89. The lowest BCUT2D eigenvalue weighted by Crippen LogP contribution is -2.36. The molecule has 0 atom stereocenters. The second kappa shape index (κ2) is 6.57. The van der Waals surface area contributed by atoms with Crippen molar-refractivity contribution in [2.75, 3.05) is 11.4 Å². The summed E-state index contributed by atoms with van der Waals surface area (Å²) in [7, 11) is 0. The first-order chi connectivity index (χ1) is 9.51.